The van der Waals surface area contributed by atoms with Gasteiger partial charge in [-0.15, -0.1) is 16.4 Å². The van der Waals surface area contributed by atoms with E-state index in [0.717, 1.165) is 15.9 Å². The zero-order chi connectivity index (χ0) is 16.0. The molecule has 4 aromatic rings. The van der Waals surface area contributed by atoms with Crippen LogP contribution in [-0.4, -0.2) is 34.3 Å². The fourth-order valence-electron chi connectivity index (χ4n) is 2.40. The van der Waals surface area contributed by atoms with E-state index in [-0.39, 0.29) is 11.6 Å². The number of nitrogens with zero attached hydrogens (tertiary/aromatic N) is 7. The van der Waals surface area contributed by atoms with Crippen LogP contribution in [-0.2, 0) is 6.54 Å². The van der Waals surface area contributed by atoms with E-state index in [1.54, 1.807) is 22.2 Å². The van der Waals surface area contributed by atoms with Gasteiger partial charge in [-0.1, -0.05) is 6.92 Å². The van der Waals surface area contributed by atoms with Gasteiger partial charge in [0.15, 0.2) is 11.5 Å². The first kappa shape index (κ1) is 13.8. The van der Waals surface area contributed by atoms with Gasteiger partial charge in [-0.25, -0.2) is 14.5 Å². The highest BCUT2D eigenvalue weighted by Gasteiger charge is 2.17. The van der Waals surface area contributed by atoms with Crippen molar-refractivity contribution in [1.29, 1.82) is 0 Å². The van der Waals surface area contributed by atoms with Crippen LogP contribution in [0.3, 0.4) is 0 Å². The van der Waals surface area contributed by atoms with Crippen LogP contribution in [0.5, 0.6) is 0 Å². The summed E-state index contributed by atoms with van der Waals surface area (Å²) in [5.74, 6) is 0.617. The van der Waals surface area contributed by atoms with Gasteiger partial charge in [0.05, 0.1) is 16.9 Å². The van der Waals surface area contributed by atoms with Crippen LogP contribution in [0.4, 0.5) is 5.69 Å². The molecule has 4 rings (SSSR count). The standard InChI is InChI=1S/C13H11N7O2S/c1-8(5-18-6-9(4-15-18)20(21)22)11-16-12-10-2-3-23-13(10)14-7-19(12)17-11/h2-4,6-8H,5H2,1H3. The van der Waals surface area contributed by atoms with E-state index >= 15 is 0 Å². The van der Waals surface area contributed by atoms with E-state index in [0.29, 0.717) is 12.4 Å². The molecule has 0 aromatic carbocycles. The Hall–Kier alpha value is -2.88. The molecule has 0 aliphatic rings. The molecule has 0 aliphatic heterocycles. The molecule has 1 unspecified atom stereocenters. The second-order valence-corrected chi connectivity index (χ2v) is 6.10. The van der Waals surface area contributed by atoms with Crippen molar-refractivity contribution in [3.63, 3.8) is 0 Å². The molecule has 23 heavy (non-hydrogen) atoms. The van der Waals surface area contributed by atoms with Crippen molar-refractivity contribution in [1.82, 2.24) is 29.4 Å². The Balaban J connectivity index is 1.65. The lowest BCUT2D eigenvalue weighted by Crippen LogP contribution is -2.08. The third kappa shape index (κ3) is 2.32. The van der Waals surface area contributed by atoms with Crippen molar-refractivity contribution in [3.05, 3.63) is 46.1 Å². The average molecular weight is 329 g/mol. The number of nitro groups is 1. The summed E-state index contributed by atoms with van der Waals surface area (Å²) >= 11 is 1.56. The first-order chi connectivity index (χ1) is 11.1. The molecular weight excluding hydrogens is 318 g/mol. The van der Waals surface area contributed by atoms with E-state index in [1.807, 2.05) is 18.4 Å². The Morgan fingerprint density at radius 3 is 3.13 bits per heavy atom. The van der Waals surface area contributed by atoms with Gasteiger partial charge >= 0.3 is 5.69 Å². The predicted octanol–water partition coefficient (Wildman–Crippen LogP) is 2.25. The molecule has 1 atom stereocenters. The number of hydrogen-bond acceptors (Lipinski definition) is 7. The lowest BCUT2D eigenvalue weighted by atomic mass is 10.2. The number of fused-ring (bicyclic) bond motifs is 3. The van der Waals surface area contributed by atoms with Gasteiger partial charge in [-0.3, -0.25) is 14.8 Å². The fraction of sp³-hybridized carbons (Fsp3) is 0.231. The zero-order valence-corrected chi connectivity index (χ0v) is 12.8. The van der Waals surface area contributed by atoms with E-state index < -0.39 is 4.92 Å². The summed E-state index contributed by atoms with van der Waals surface area (Å²) in [6, 6.07) is 1.97. The normalized spacial score (nSPS) is 12.9. The van der Waals surface area contributed by atoms with Crippen LogP contribution in [0.1, 0.15) is 18.7 Å². The minimum Gasteiger partial charge on any atom is -0.265 e. The number of hydrogen-bond donors (Lipinski definition) is 0. The first-order valence-electron chi connectivity index (χ1n) is 6.87. The number of thiophene rings is 1. The van der Waals surface area contributed by atoms with Gasteiger partial charge in [-0.05, 0) is 11.4 Å². The highest BCUT2D eigenvalue weighted by molar-refractivity contribution is 7.16. The number of aromatic nitrogens is 6. The highest BCUT2D eigenvalue weighted by Crippen LogP contribution is 2.23. The predicted molar refractivity (Wildman–Crippen MR) is 83.5 cm³/mol. The van der Waals surface area contributed by atoms with Crippen LogP contribution in [0.2, 0.25) is 0 Å². The Morgan fingerprint density at radius 2 is 2.35 bits per heavy atom. The van der Waals surface area contributed by atoms with E-state index in [9.17, 15) is 10.1 Å². The van der Waals surface area contributed by atoms with Gasteiger partial charge < -0.3 is 0 Å². The molecule has 9 nitrogen and oxygen atoms in total. The van der Waals surface area contributed by atoms with Crippen LogP contribution in [0, 0.1) is 10.1 Å². The second kappa shape index (κ2) is 5.09. The summed E-state index contributed by atoms with van der Waals surface area (Å²) in [6.07, 6.45) is 4.30. The Bertz CT molecular complexity index is 1020. The van der Waals surface area contributed by atoms with Crippen molar-refractivity contribution < 1.29 is 4.92 Å². The van der Waals surface area contributed by atoms with Gasteiger partial charge in [0, 0.05) is 5.92 Å². The SMILES string of the molecule is CC(Cn1cc([N+](=O)[O-])cn1)c1nc2c3ccsc3ncn2n1. The lowest BCUT2D eigenvalue weighted by Gasteiger charge is -2.06. The molecule has 0 spiro atoms. The molecule has 4 heterocycles. The minimum atomic E-state index is -0.462. The molecule has 0 N–H and O–H groups in total. The van der Waals surface area contributed by atoms with Crippen molar-refractivity contribution in [2.75, 3.05) is 0 Å². The first-order valence-corrected chi connectivity index (χ1v) is 7.75. The molecule has 0 radical (unpaired) electrons. The highest BCUT2D eigenvalue weighted by atomic mass is 32.1. The summed E-state index contributed by atoms with van der Waals surface area (Å²) in [4.78, 5) is 20.1. The summed E-state index contributed by atoms with van der Waals surface area (Å²) in [5.41, 5.74) is 0.744. The van der Waals surface area contributed by atoms with E-state index in [4.69, 9.17) is 0 Å². The average Bonchev–Trinajstić information content (AvgIpc) is 3.24. The van der Waals surface area contributed by atoms with Crippen LogP contribution < -0.4 is 0 Å². The maximum absolute atomic E-state index is 10.7. The maximum atomic E-state index is 10.7. The van der Waals surface area contributed by atoms with Gasteiger partial charge in [0.2, 0.25) is 0 Å². The summed E-state index contributed by atoms with van der Waals surface area (Å²) in [7, 11) is 0. The largest absolute Gasteiger partial charge is 0.306 e. The zero-order valence-electron chi connectivity index (χ0n) is 12.0. The smallest absolute Gasteiger partial charge is 0.265 e. The summed E-state index contributed by atoms with van der Waals surface area (Å²) in [6.45, 7) is 2.42. The molecule has 0 bridgehead atoms. The van der Waals surface area contributed by atoms with Gasteiger partial charge in [0.25, 0.3) is 0 Å². The lowest BCUT2D eigenvalue weighted by molar-refractivity contribution is -0.385. The van der Waals surface area contributed by atoms with Gasteiger partial charge in [0.1, 0.15) is 23.6 Å². The second-order valence-electron chi connectivity index (χ2n) is 5.20. The quantitative estimate of drug-likeness (QED) is 0.420. The Kier molecular flexibility index (Phi) is 3.05. The molecule has 0 fully saturated rings. The van der Waals surface area contributed by atoms with Crippen molar-refractivity contribution in [2.45, 2.75) is 19.4 Å². The Morgan fingerprint density at radius 1 is 1.48 bits per heavy atom. The summed E-state index contributed by atoms with van der Waals surface area (Å²) < 4.78 is 3.19. The van der Waals surface area contributed by atoms with Crippen molar-refractivity contribution >= 4 is 32.9 Å². The maximum Gasteiger partial charge on any atom is 0.306 e. The minimum absolute atomic E-state index is 0.0238. The topological polar surface area (TPSA) is 104 Å². The third-order valence-corrected chi connectivity index (χ3v) is 4.37. The van der Waals surface area contributed by atoms with Crippen LogP contribution in [0.15, 0.2) is 30.2 Å². The van der Waals surface area contributed by atoms with Crippen LogP contribution in [0.25, 0.3) is 15.9 Å². The monoisotopic (exact) mass is 329 g/mol. The Labute approximate surface area is 133 Å². The van der Waals surface area contributed by atoms with E-state index in [2.05, 4.69) is 20.2 Å². The fourth-order valence-corrected chi connectivity index (χ4v) is 3.13. The van der Waals surface area contributed by atoms with Crippen molar-refractivity contribution in [2.24, 2.45) is 0 Å². The number of rotatable bonds is 4. The van der Waals surface area contributed by atoms with E-state index in [1.165, 1.54) is 17.1 Å². The molecule has 0 saturated heterocycles. The van der Waals surface area contributed by atoms with Crippen LogP contribution >= 0.6 is 11.3 Å². The third-order valence-electron chi connectivity index (χ3n) is 3.55. The molecule has 116 valence electrons. The summed E-state index contributed by atoms with van der Waals surface area (Å²) in [5, 5.41) is 22.1. The molecule has 0 aliphatic carbocycles. The van der Waals surface area contributed by atoms with Crippen molar-refractivity contribution in [3.8, 4) is 0 Å². The molecule has 0 saturated carbocycles. The molecule has 4 aromatic heterocycles. The molecule has 0 amide bonds. The van der Waals surface area contributed by atoms with Gasteiger partial charge in [-0.2, -0.15) is 5.10 Å². The molecule has 10 heteroatoms. The molecular formula is C13H11N7O2S.